The number of hydrogen-bond acceptors (Lipinski definition) is 1. The van der Waals surface area contributed by atoms with Gasteiger partial charge in [-0.05, 0) is 41.4 Å². The average Bonchev–Trinajstić information content (AvgIpc) is 2.61. The zero-order valence-corrected chi connectivity index (χ0v) is 17.6. The van der Waals surface area contributed by atoms with Gasteiger partial charge in [-0.15, -0.1) is 0 Å². The Bertz CT molecular complexity index is 1020. The van der Waals surface area contributed by atoms with Crippen molar-refractivity contribution in [1.29, 1.82) is 0 Å². The van der Waals surface area contributed by atoms with E-state index in [9.17, 15) is 0 Å². The summed E-state index contributed by atoms with van der Waals surface area (Å²) in [5.41, 5.74) is 6.57. The summed E-state index contributed by atoms with van der Waals surface area (Å²) < 4.78 is 2.21. The van der Waals surface area contributed by atoms with Crippen LogP contribution in [-0.4, -0.2) is 13.1 Å². The second kappa shape index (κ2) is 5.62. The molecule has 2 aromatic heterocycles. The summed E-state index contributed by atoms with van der Waals surface area (Å²) in [6.45, 7) is 11.8. The van der Waals surface area contributed by atoms with E-state index in [0.717, 1.165) is 0 Å². The normalized spacial score (nSPS) is 16.7. The zero-order chi connectivity index (χ0) is 18.7. The van der Waals surface area contributed by atoms with Gasteiger partial charge in [-0.25, -0.2) is 4.57 Å². The van der Waals surface area contributed by atoms with E-state index in [1.165, 1.54) is 33.3 Å². The largest absolute Gasteiger partial charge is 0.260 e. The van der Waals surface area contributed by atoms with E-state index in [1.54, 1.807) is 5.19 Å². The maximum Gasteiger partial charge on any atom is 0.212 e. The van der Waals surface area contributed by atoms with Crippen LogP contribution in [-0.2, 0) is 12.5 Å². The van der Waals surface area contributed by atoms with Gasteiger partial charge < -0.3 is 0 Å². The van der Waals surface area contributed by atoms with Crippen LogP contribution in [0.2, 0.25) is 13.1 Å². The third-order valence-corrected chi connectivity index (χ3v) is 9.63. The number of pyridine rings is 2. The first-order chi connectivity index (χ1) is 12.2. The molecule has 0 atom stereocenters. The van der Waals surface area contributed by atoms with Gasteiger partial charge >= 0.3 is 0 Å². The van der Waals surface area contributed by atoms with Crippen LogP contribution in [0.25, 0.3) is 11.3 Å². The molecule has 3 aromatic rings. The Morgan fingerprint density at radius 2 is 1.77 bits per heavy atom. The Balaban J connectivity index is 2.04. The van der Waals surface area contributed by atoms with Gasteiger partial charge in [0, 0.05) is 35.0 Å². The van der Waals surface area contributed by atoms with Crippen molar-refractivity contribution in [2.24, 2.45) is 7.05 Å². The van der Waals surface area contributed by atoms with Crippen LogP contribution in [0.15, 0.2) is 54.9 Å². The standard InChI is InChI=1S/C23H27N2Si/c1-16-14-21-18(15-17(16)19-10-7-8-13-25(19)4)23(2,3)22-20(26(21,5)6)11-9-12-24-22/h7-15H,1-6H3/q+1. The van der Waals surface area contributed by atoms with Crippen LogP contribution in [0, 0.1) is 6.92 Å². The van der Waals surface area contributed by atoms with Gasteiger partial charge in [0.2, 0.25) is 5.69 Å². The summed E-state index contributed by atoms with van der Waals surface area (Å²) in [5, 5.41) is 3.04. The lowest BCUT2D eigenvalue weighted by molar-refractivity contribution is -0.660. The lowest BCUT2D eigenvalue weighted by Gasteiger charge is -2.42. The van der Waals surface area contributed by atoms with E-state index in [2.05, 4.69) is 94.1 Å². The van der Waals surface area contributed by atoms with Crippen LogP contribution >= 0.6 is 0 Å². The smallest absolute Gasteiger partial charge is 0.212 e. The Labute approximate surface area is 157 Å². The molecule has 132 valence electrons. The maximum absolute atomic E-state index is 4.84. The van der Waals surface area contributed by atoms with E-state index in [-0.39, 0.29) is 5.41 Å². The number of aryl methyl sites for hydroxylation is 2. The fourth-order valence-corrected chi connectivity index (χ4v) is 7.91. The van der Waals surface area contributed by atoms with Crippen LogP contribution in [0.1, 0.15) is 30.7 Å². The van der Waals surface area contributed by atoms with Crippen LogP contribution in [0.5, 0.6) is 0 Å². The molecule has 0 aliphatic carbocycles. The molecule has 1 aliphatic rings. The maximum atomic E-state index is 4.84. The molecule has 3 heterocycles. The molecule has 0 saturated carbocycles. The van der Waals surface area contributed by atoms with E-state index in [0.29, 0.717) is 0 Å². The molecule has 1 aliphatic heterocycles. The van der Waals surface area contributed by atoms with E-state index in [4.69, 9.17) is 4.98 Å². The third-order valence-electron chi connectivity index (χ3n) is 6.12. The second-order valence-corrected chi connectivity index (χ2v) is 12.9. The fraction of sp³-hybridized carbons (Fsp3) is 0.304. The minimum Gasteiger partial charge on any atom is -0.260 e. The highest BCUT2D eigenvalue weighted by Crippen LogP contribution is 2.37. The summed E-state index contributed by atoms with van der Waals surface area (Å²) in [6.07, 6.45) is 4.07. The first-order valence-corrected chi connectivity index (χ1v) is 12.3. The van der Waals surface area contributed by atoms with Crippen LogP contribution in [0.3, 0.4) is 0 Å². The van der Waals surface area contributed by atoms with Gasteiger partial charge in [-0.1, -0.05) is 44.3 Å². The molecule has 0 N–H and O–H groups in total. The quantitative estimate of drug-likeness (QED) is 0.481. The van der Waals surface area contributed by atoms with Gasteiger partial charge in [0.05, 0.1) is 0 Å². The second-order valence-electron chi connectivity index (χ2n) is 8.56. The number of aromatic nitrogens is 2. The van der Waals surface area contributed by atoms with Crippen molar-refractivity contribution in [3.63, 3.8) is 0 Å². The molecule has 4 rings (SSSR count). The molecule has 0 radical (unpaired) electrons. The molecule has 3 heteroatoms. The average molecular weight is 360 g/mol. The monoisotopic (exact) mass is 359 g/mol. The Kier molecular flexibility index (Phi) is 3.71. The number of fused-ring (bicyclic) bond motifs is 2. The molecule has 0 fully saturated rings. The van der Waals surface area contributed by atoms with Crippen molar-refractivity contribution in [1.82, 2.24) is 4.98 Å². The highest BCUT2D eigenvalue weighted by Gasteiger charge is 2.44. The third kappa shape index (κ3) is 2.30. The van der Waals surface area contributed by atoms with Crippen molar-refractivity contribution >= 4 is 18.4 Å². The molecular formula is C23H27N2Si+. The van der Waals surface area contributed by atoms with E-state index >= 15 is 0 Å². The minimum absolute atomic E-state index is 0.0791. The molecular weight excluding hydrogens is 332 g/mol. The van der Waals surface area contributed by atoms with Crippen molar-refractivity contribution in [3.8, 4) is 11.3 Å². The lowest BCUT2D eigenvalue weighted by Crippen LogP contribution is -2.62. The summed E-state index contributed by atoms with van der Waals surface area (Å²) >= 11 is 0. The van der Waals surface area contributed by atoms with Crippen molar-refractivity contribution in [2.45, 2.75) is 39.3 Å². The molecule has 26 heavy (non-hydrogen) atoms. The summed E-state index contributed by atoms with van der Waals surface area (Å²) in [4.78, 5) is 4.84. The van der Waals surface area contributed by atoms with Crippen molar-refractivity contribution < 1.29 is 4.57 Å². The first kappa shape index (κ1) is 17.2. The lowest BCUT2D eigenvalue weighted by atomic mass is 9.79. The number of hydrogen-bond donors (Lipinski definition) is 0. The van der Waals surface area contributed by atoms with Crippen molar-refractivity contribution in [3.05, 3.63) is 71.7 Å². The van der Waals surface area contributed by atoms with Gasteiger partial charge in [0.15, 0.2) is 6.20 Å². The van der Waals surface area contributed by atoms with Gasteiger partial charge in [0.1, 0.15) is 15.1 Å². The Morgan fingerprint density at radius 1 is 1.00 bits per heavy atom. The van der Waals surface area contributed by atoms with Crippen LogP contribution < -0.4 is 14.9 Å². The SMILES string of the molecule is Cc1cc2c(cc1-c1cccc[n+]1C)C(C)(C)c1ncccc1[Si]2(C)C. The number of rotatable bonds is 1. The number of nitrogens with zero attached hydrogens (tertiary/aromatic N) is 2. The molecule has 0 amide bonds. The summed E-state index contributed by atoms with van der Waals surface area (Å²) in [5.74, 6) is 0. The molecule has 0 saturated heterocycles. The first-order valence-electron chi connectivity index (χ1n) is 9.31. The van der Waals surface area contributed by atoms with Gasteiger partial charge in [-0.3, -0.25) is 4.98 Å². The molecule has 1 aromatic carbocycles. The van der Waals surface area contributed by atoms with Gasteiger partial charge in [0.25, 0.3) is 0 Å². The van der Waals surface area contributed by atoms with E-state index in [1.807, 2.05) is 6.20 Å². The predicted octanol–water partition coefficient (Wildman–Crippen LogP) is 3.34. The summed E-state index contributed by atoms with van der Waals surface area (Å²) in [7, 11) is 0.361. The molecule has 0 spiro atoms. The Morgan fingerprint density at radius 3 is 2.50 bits per heavy atom. The molecule has 0 bridgehead atoms. The van der Waals surface area contributed by atoms with Crippen molar-refractivity contribution in [2.75, 3.05) is 0 Å². The minimum atomic E-state index is -1.76. The topological polar surface area (TPSA) is 16.8 Å². The highest BCUT2D eigenvalue weighted by atomic mass is 28.3. The van der Waals surface area contributed by atoms with Gasteiger partial charge in [-0.2, -0.15) is 0 Å². The zero-order valence-electron chi connectivity index (χ0n) is 16.6. The Hall–Kier alpha value is -2.26. The highest BCUT2D eigenvalue weighted by molar-refractivity contribution is 7.01. The fourth-order valence-electron chi connectivity index (χ4n) is 4.50. The van der Waals surface area contributed by atoms with E-state index < -0.39 is 8.07 Å². The summed E-state index contributed by atoms with van der Waals surface area (Å²) in [6, 6.07) is 15.7. The number of benzene rings is 1. The van der Waals surface area contributed by atoms with Crippen LogP contribution in [0.4, 0.5) is 0 Å². The predicted molar refractivity (Wildman–Crippen MR) is 111 cm³/mol. The molecule has 0 unspecified atom stereocenters. The molecule has 2 nitrogen and oxygen atoms in total.